The first-order valence-electron chi connectivity index (χ1n) is 4.83. The molecule has 1 N–H and O–H groups in total. The minimum absolute atomic E-state index is 0.410. The standard InChI is InChI=1S/C11H14BrNO/c1-7-3-4-9-10(11(7)12)8(13-2)5-6-14-9/h3-4,8,13H,5-6H2,1-2H3. The van der Waals surface area contributed by atoms with Gasteiger partial charge in [-0.25, -0.2) is 0 Å². The van der Waals surface area contributed by atoms with Gasteiger partial charge in [0.05, 0.1) is 6.61 Å². The van der Waals surface area contributed by atoms with Gasteiger partial charge in [0, 0.05) is 22.5 Å². The molecule has 2 nitrogen and oxygen atoms in total. The van der Waals surface area contributed by atoms with Crippen LogP contribution in [0, 0.1) is 6.92 Å². The molecular formula is C11H14BrNO. The van der Waals surface area contributed by atoms with Crippen molar-refractivity contribution in [1.82, 2.24) is 5.32 Å². The Balaban J connectivity index is 2.53. The van der Waals surface area contributed by atoms with E-state index < -0.39 is 0 Å². The number of aryl methyl sites for hydroxylation is 1. The van der Waals surface area contributed by atoms with Crippen LogP contribution >= 0.6 is 15.9 Å². The molecule has 76 valence electrons. The molecule has 1 unspecified atom stereocenters. The van der Waals surface area contributed by atoms with Crippen LogP contribution in [0.2, 0.25) is 0 Å². The molecule has 0 aromatic heterocycles. The van der Waals surface area contributed by atoms with Crippen molar-refractivity contribution < 1.29 is 4.74 Å². The smallest absolute Gasteiger partial charge is 0.125 e. The Morgan fingerprint density at radius 1 is 1.50 bits per heavy atom. The first-order chi connectivity index (χ1) is 6.74. The van der Waals surface area contributed by atoms with E-state index in [1.807, 2.05) is 7.05 Å². The highest BCUT2D eigenvalue weighted by Crippen LogP contribution is 2.38. The van der Waals surface area contributed by atoms with Crippen molar-refractivity contribution in [3.05, 3.63) is 27.7 Å². The summed E-state index contributed by atoms with van der Waals surface area (Å²) in [6.07, 6.45) is 1.03. The van der Waals surface area contributed by atoms with Gasteiger partial charge in [-0.05, 0) is 25.6 Å². The van der Waals surface area contributed by atoms with Crippen LogP contribution in [-0.2, 0) is 0 Å². The second-order valence-electron chi connectivity index (χ2n) is 3.59. The molecule has 1 heterocycles. The molecule has 0 saturated carbocycles. The van der Waals surface area contributed by atoms with E-state index in [1.54, 1.807) is 0 Å². The van der Waals surface area contributed by atoms with E-state index in [-0.39, 0.29) is 0 Å². The molecule has 1 atom stereocenters. The summed E-state index contributed by atoms with van der Waals surface area (Å²) in [5, 5.41) is 3.32. The SMILES string of the molecule is CNC1CCOc2ccc(C)c(Br)c21. The summed E-state index contributed by atoms with van der Waals surface area (Å²) in [6.45, 7) is 2.90. The fourth-order valence-corrected chi connectivity index (χ4v) is 2.46. The summed E-state index contributed by atoms with van der Waals surface area (Å²) in [4.78, 5) is 0. The summed E-state index contributed by atoms with van der Waals surface area (Å²) in [6, 6.07) is 4.55. The molecule has 0 fully saturated rings. The highest BCUT2D eigenvalue weighted by molar-refractivity contribution is 9.10. The zero-order chi connectivity index (χ0) is 10.1. The third-order valence-corrected chi connectivity index (χ3v) is 3.75. The van der Waals surface area contributed by atoms with Crippen LogP contribution in [0.5, 0.6) is 5.75 Å². The molecule has 2 rings (SSSR count). The zero-order valence-corrected chi connectivity index (χ0v) is 10.0. The monoisotopic (exact) mass is 255 g/mol. The lowest BCUT2D eigenvalue weighted by Gasteiger charge is -2.27. The molecular weight excluding hydrogens is 242 g/mol. The van der Waals surface area contributed by atoms with E-state index in [0.717, 1.165) is 18.8 Å². The summed E-state index contributed by atoms with van der Waals surface area (Å²) < 4.78 is 6.80. The van der Waals surface area contributed by atoms with E-state index in [1.165, 1.54) is 15.6 Å². The molecule has 1 aromatic rings. The lowest BCUT2D eigenvalue weighted by molar-refractivity contribution is 0.256. The van der Waals surface area contributed by atoms with Crippen LogP contribution in [0.25, 0.3) is 0 Å². The first kappa shape index (κ1) is 9.99. The molecule has 1 aliphatic rings. The van der Waals surface area contributed by atoms with Gasteiger partial charge in [-0.15, -0.1) is 0 Å². The quantitative estimate of drug-likeness (QED) is 0.834. The van der Waals surface area contributed by atoms with Crippen LogP contribution in [-0.4, -0.2) is 13.7 Å². The van der Waals surface area contributed by atoms with Gasteiger partial charge in [0.2, 0.25) is 0 Å². The van der Waals surface area contributed by atoms with Gasteiger partial charge >= 0.3 is 0 Å². The van der Waals surface area contributed by atoms with Gasteiger partial charge in [0.15, 0.2) is 0 Å². The Bertz CT molecular complexity index is 351. The number of halogens is 1. The van der Waals surface area contributed by atoms with Crippen molar-refractivity contribution in [2.45, 2.75) is 19.4 Å². The van der Waals surface area contributed by atoms with Gasteiger partial charge in [-0.2, -0.15) is 0 Å². The molecule has 0 bridgehead atoms. The minimum Gasteiger partial charge on any atom is -0.493 e. The maximum absolute atomic E-state index is 5.62. The van der Waals surface area contributed by atoms with Crippen molar-refractivity contribution in [2.75, 3.05) is 13.7 Å². The maximum Gasteiger partial charge on any atom is 0.125 e. The predicted octanol–water partition coefficient (Wildman–Crippen LogP) is 2.80. The Morgan fingerprint density at radius 3 is 3.00 bits per heavy atom. The van der Waals surface area contributed by atoms with Gasteiger partial charge < -0.3 is 10.1 Å². The number of benzene rings is 1. The van der Waals surface area contributed by atoms with E-state index in [2.05, 4.69) is 40.3 Å². The topological polar surface area (TPSA) is 21.3 Å². The summed E-state index contributed by atoms with van der Waals surface area (Å²) in [5.74, 6) is 1.01. The lowest BCUT2D eigenvalue weighted by atomic mass is 9.99. The normalized spacial score (nSPS) is 20.1. The van der Waals surface area contributed by atoms with Crippen molar-refractivity contribution in [1.29, 1.82) is 0 Å². The summed E-state index contributed by atoms with van der Waals surface area (Å²) in [7, 11) is 1.99. The molecule has 0 amide bonds. The van der Waals surface area contributed by atoms with Crippen LogP contribution in [0.1, 0.15) is 23.6 Å². The van der Waals surface area contributed by atoms with Crippen LogP contribution in [0.4, 0.5) is 0 Å². The maximum atomic E-state index is 5.62. The zero-order valence-electron chi connectivity index (χ0n) is 8.43. The number of hydrogen-bond donors (Lipinski definition) is 1. The number of fused-ring (bicyclic) bond motifs is 1. The molecule has 1 aliphatic heterocycles. The number of ether oxygens (including phenoxy) is 1. The predicted molar refractivity (Wildman–Crippen MR) is 60.8 cm³/mol. The minimum atomic E-state index is 0.410. The van der Waals surface area contributed by atoms with Crippen molar-refractivity contribution in [2.24, 2.45) is 0 Å². The van der Waals surface area contributed by atoms with Crippen molar-refractivity contribution in [3.63, 3.8) is 0 Å². The molecule has 0 spiro atoms. The highest BCUT2D eigenvalue weighted by atomic mass is 79.9. The molecule has 0 radical (unpaired) electrons. The Labute approximate surface area is 92.8 Å². The Hall–Kier alpha value is -0.540. The fourth-order valence-electron chi connectivity index (χ4n) is 1.85. The van der Waals surface area contributed by atoms with Crippen LogP contribution in [0.3, 0.4) is 0 Å². The second kappa shape index (κ2) is 3.91. The van der Waals surface area contributed by atoms with E-state index in [4.69, 9.17) is 4.74 Å². The average Bonchev–Trinajstić information content (AvgIpc) is 2.23. The average molecular weight is 256 g/mol. The number of nitrogens with one attached hydrogen (secondary N) is 1. The third kappa shape index (κ3) is 1.55. The van der Waals surface area contributed by atoms with Crippen LogP contribution < -0.4 is 10.1 Å². The van der Waals surface area contributed by atoms with Gasteiger partial charge in [0.1, 0.15) is 5.75 Å². The van der Waals surface area contributed by atoms with Gasteiger partial charge in [0.25, 0.3) is 0 Å². The fraction of sp³-hybridized carbons (Fsp3) is 0.455. The van der Waals surface area contributed by atoms with E-state index in [9.17, 15) is 0 Å². The second-order valence-corrected chi connectivity index (χ2v) is 4.38. The van der Waals surface area contributed by atoms with Crippen molar-refractivity contribution >= 4 is 15.9 Å². The van der Waals surface area contributed by atoms with Gasteiger partial charge in [-0.3, -0.25) is 0 Å². The summed E-state index contributed by atoms with van der Waals surface area (Å²) in [5.41, 5.74) is 2.52. The molecule has 1 aromatic carbocycles. The summed E-state index contributed by atoms with van der Waals surface area (Å²) >= 11 is 3.63. The van der Waals surface area contributed by atoms with E-state index in [0.29, 0.717) is 6.04 Å². The van der Waals surface area contributed by atoms with Crippen LogP contribution in [0.15, 0.2) is 16.6 Å². The Morgan fingerprint density at radius 2 is 2.29 bits per heavy atom. The first-order valence-corrected chi connectivity index (χ1v) is 5.62. The third-order valence-electron chi connectivity index (χ3n) is 2.69. The molecule has 0 aliphatic carbocycles. The number of rotatable bonds is 1. The largest absolute Gasteiger partial charge is 0.493 e. The molecule has 3 heteroatoms. The highest BCUT2D eigenvalue weighted by Gasteiger charge is 2.23. The lowest BCUT2D eigenvalue weighted by Crippen LogP contribution is -2.24. The molecule has 0 saturated heterocycles. The van der Waals surface area contributed by atoms with E-state index >= 15 is 0 Å². The number of hydrogen-bond acceptors (Lipinski definition) is 2. The molecule has 14 heavy (non-hydrogen) atoms. The van der Waals surface area contributed by atoms with Crippen molar-refractivity contribution in [3.8, 4) is 5.75 Å². The van der Waals surface area contributed by atoms with Gasteiger partial charge in [-0.1, -0.05) is 22.0 Å². The Kier molecular flexibility index (Phi) is 2.79.